The second-order valence-electron chi connectivity index (χ2n) is 4.48. The molecule has 1 fully saturated rings. The molecule has 8 nitrogen and oxygen atoms in total. The van der Waals surface area contributed by atoms with Crippen LogP contribution in [0.4, 0.5) is 0 Å². The molecule has 1 aliphatic rings. The molecule has 0 aliphatic carbocycles. The van der Waals surface area contributed by atoms with Crippen LogP contribution in [0, 0.1) is 0 Å². The zero-order valence-electron chi connectivity index (χ0n) is 10.9. The summed E-state index contributed by atoms with van der Waals surface area (Å²) < 4.78 is 1.51. The van der Waals surface area contributed by atoms with E-state index in [4.69, 9.17) is 10.8 Å². The van der Waals surface area contributed by atoms with Crippen LogP contribution < -0.4 is 5.73 Å². The van der Waals surface area contributed by atoms with Crippen molar-refractivity contribution in [2.45, 2.75) is 19.0 Å². The minimum atomic E-state index is -0.901. The van der Waals surface area contributed by atoms with Gasteiger partial charge in [0.25, 0.3) is 5.91 Å². The first-order valence-electron chi connectivity index (χ1n) is 6.32. The Morgan fingerprint density at radius 3 is 3.05 bits per heavy atom. The van der Waals surface area contributed by atoms with Gasteiger partial charge >= 0.3 is 5.97 Å². The van der Waals surface area contributed by atoms with Crippen molar-refractivity contribution in [3.8, 4) is 0 Å². The number of hydrogen-bond acceptors (Lipinski definition) is 6. The van der Waals surface area contributed by atoms with Crippen molar-refractivity contribution in [3.05, 3.63) is 11.9 Å². The van der Waals surface area contributed by atoms with E-state index >= 15 is 0 Å². The standard InChI is InChI=1S/C11H17N5O3S/c12-1-2-15-6-9(13-14-15)11(19)16-3-4-20-7-8(16)5-10(17)18/h6,8H,1-5,7,12H2,(H,17,18). The molecule has 1 aliphatic heterocycles. The fraction of sp³-hybridized carbons (Fsp3) is 0.636. The lowest BCUT2D eigenvalue weighted by molar-refractivity contribution is -0.138. The van der Waals surface area contributed by atoms with Crippen molar-refractivity contribution in [2.75, 3.05) is 24.6 Å². The molecule has 9 heteroatoms. The van der Waals surface area contributed by atoms with E-state index in [0.717, 1.165) is 5.75 Å². The first-order chi connectivity index (χ1) is 9.61. The molecule has 20 heavy (non-hydrogen) atoms. The number of carboxylic acid groups (broad SMARTS) is 1. The molecule has 1 aromatic rings. The van der Waals surface area contributed by atoms with Gasteiger partial charge in [-0.2, -0.15) is 11.8 Å². The number of rotatable bonds is 5. The summed E-state index contributed by atoms with van der Waals surface area (Å²) in [5, 5.41) is 16.6. The van der Waals surface area contributed by atoms with Crippen LogP contribution in [0.5, 0.6) is 0 Å². The predicted octanol–water partition coefficient (Wildman–Crippen LogP) is -0.731. The Morgan fingerprint density at radius 2 is 2.35 bits per heavy atom. The molecule has 0 aromatic carbocycles. The van der Waals surface area contributed by atoms with E-state index in [9.17, 15) is 9.59 Å². The molecule has 2 rings (SSSR count). The average molecular weight is 299 g/mol. The normalized spacial score (nSPS) is 19.1. The number of aromatic nitrogens is 3. The number of thioether (sulfide) groups is 1. The first-order valence-corrected chi connectivity index (χ1v) is 7.48. The number of carbonyl (C=O) groups is 2. The van der Waals surface area contributed by atoms with Gasteiger partial charge in [0.15, 0.2) is 5.69 Å². The summed E-state index contributed by atoms with van der Waals surface area (Å²) in [4.78, 5) is 24.8. The Hall–Kier alpha value is -1.61. The van der Waals surface area contributed by atoms with Gasteiger partial charge in [-0.25, -0.2) is 0 Å². The number of carbonyl (C=O) groups excluding carboxylic acids is 1. The van der Waals surface area contributed by atoms with Gasteiger partial charge in [0.1, 0.15) is 0 Å². The highest BCUT2D eigenvalue weighted by atomic mass is 32.2. The van der Waals surface area contributed by atoms with E-state index in [2.05, 4.69) is 10.3 Å². The van der Waals surface area contributed by atoms with Crippen LogP contribution in [0.15, 0.2) is 6.20 Å². The van der Waals surface area contributed by atoms with E-state index in [1.54, 1.807) is 22.9 Å². The summed E-state index contributed by atoms with van der Waals surface area (Å²) in [6, 6.07) is -0.293. The minimum Gasteiger partial charge on any atom is -0.481 e. The molecule has 0 saturated carbocycles. The summed E-state index contributed by atoms with van der Waals surface area (Å²) in [6.45, 7) is 1.44. The number of hydrogen-bond donors (Lipinski definition) is 2. The van der Waals surface area contributed by atoms with E-state index in [0.29, 0.717) is 25.4 Å². The van der Waals surface area contributed by atoms with Gasteiger partial charge in [-0.15, -0.1) is 5.10 Å². The third-order valence-corrected chi connectivity index (χ3v) is 4.11. The Kier molecular flexibility index (Phi) is 4.96. The molecule has 1 aromatic heterocycles. The fourth-order valence-corrected chi connectivity index (χ4v) is 3.14. The summed E-state index contributed by atoms with van der Waals surface area (Å²) in [5.74, 6) is 0.273. The van der Waals surface area contributed by atoms with Gasteiger partial charge < -0.3 is 15.7 Å². The van der Waals surface area contributed by atoms with Crippen molar-refractivity contribution < 1.29 is 14.7 Å². The number of nitrogens with two attached hydrogens (primary N) is 1. The van der Waals surface area contributed by atoms with Crippen LogP contribution in [0.2, 0.25) is 0 Å². The maximum Gasteiger partial charge on any atom is 0.305 e. The van der Waals surface area contributed by atoms with E-state index in [-0.39, 0.29) is 24.1 Å². The fourth-order valence-electron chi connectivity index (χ4n) is 2.08. The molecule has 0 spiro atoms. The highest BCUT2D eigenvalue weighted by molar-refractivity contribution is 7.99. The van der Waals surface area contributed by atoms with Crippen molar-refractivity contribution in [3.63, 3.8) is 0 Å². The summed E-state index contributed by atoms with van der Waals surface area (Å²) >= 11 is 1.66. The van der Waals surface area contributed by atoms with Crippen molar-refractivity contribution in [2.24, 2.45) is 5.73 Å². The first kappa shape index (κ1) is 14.8. The van der Waals surface area contributed by atoms with Gasteiger partial charge in [0.2, 0.25) is 0 Å². The molecular formula is C11H17N5O3S. The molecule has 1 amide bonds. The second kappa shape index (κ2) is 6.71. The molecule has 3 N–H and O–H groups in total. The van der Waals surface area contributed by atoms with E-state index < -0.39 is 5.97 Å². The van der Waals surface area contributed by atoms with Crippen LogP contribution in [0.3, 0.4) is 0 Å². The monoisotopic (exact) mass is 299 g/mol. The highest BCUT2D eigenvalue weighted by Crippen LogP contribution is 2.20. The van der Waals surface area contributed by atoms with Crippen LogP contribution in [0.1, 0.15) is 16.9 Å². The topological polar surface area (TPSA) is 114 Å². The van der Waals surface area contributed by atoms with Crippen molar-refractivity contribution in [1.29, 1.82) is 0 Å². The van der Waals surface area contributed by atoms with Crippen LogP contribution in [-0.4, -0.2) is 67.5 Å². The Morgan fingerprint density at radius 1 is 1.55 bits per heavy atom. The maximum atomic E-state index is 12.4. The van der Waals surface area contributed by atoms with Gasteiger partial charge in [0.05, 0.1) is 25.2 Å². The lowest BCUT2D eigenvalue weighted by atomic mass is 10.2. The Labute approximate surface area is 120 Å². The summed E-state index contributed by atoms with van der Waals surface area (Å²) in [7, 11) is 0. The smallest absolute Gasteiger partial charge is 0.305 e. The Balaban J connectivity index is 2.09. The lowest BCUT2D eigenvalue weighted by Crippen LogP contribution is -2.47. The highest BCUT2D eigenvalue weighted by Gasteiger charge is 2.30. The van der Waals surface area contributed by atoms with Crippen LogP contribution >= 0.6 is 11.8 Å². The largest absolute Gasteiger partial charge is 0.481 e. The van der Waals surface area contributed by atoms with Crippen molar-refractivity contribution in [1.82, 2.24) is 19.9 Å². The minimum absolute atomic E-state index is 0.0460. The molecular weight excluding hydrogens is 282 g/mol. The predicted molar refractivity (Wildman–Crippen MR) is 73.5 cm³/mol. The summed E-state index contributed by atoms with van der Waals surface area (Å²) in [6.07, 6.45) is 1.50. The van der Waals surface area contributed by atoms with Gasteiger partial charge in [0, 0.05) is 24.6 Å². The zero-order chi connectivity index (χ0) is 14.5. The van der Waals surface area contributed by atoms with Gasteiger partial charge in [-0.3, -0.25) is 14.3 Å². The van der Waals surface area contributed by atoms with Crippen LogP contribution in [-0.2, 0) is 11.3 Å². The van der Waals surface area contributed by atoms with Crippen LogP contribution in [0.25, 0.3) is 0 Å². The summed E-state index contributed by atoms with van der Waals surface area (Å²) in [5.41, 5.74) is 5.65. The molecule has 1 saturated heterocycles. The van der Waals surface area contributed by atoms with E-state index in [1.165, 1.54) is 4.68 Å². The maximum absolute atomic E-state index is 12.4. The van der Waals surface area contributed by atoms with E-state index in [1.807, 2.05) is 0 Å². The molecule has 2 heterocycles. The number of nitrogens with zero attached hydrogens (tertiary/aromatic N) is 4. The molecule has 0 bridgehead atoms. The third kappa shape index (κ3) is 3.48. The molecule has 1 unspecified atom stereocenters. The number of aliphatic carboxylic acids is 1. The second-order valence-corrected chi connectivity index (χ2v) is 5.63. The lowest BCUT2D eigenvalue weighted by Gasteiger charge is -2.34. The third-order valence-electron chi connectivity index (χ3n) is 3.01. The Bertz CT molecular complexity index is 492. The number of carboxylic acids is 1. The van der Waals surface area contributed by atoms with Gasteiger partial charge in [-0.05, 0) is 0 Å². The van der Waals surface area contributed by atoms with Gasteiger partial charge in [-0.1, -0.05) is 5.21 Å². The van der Waals surface area contributed by atoms with Crippen molar-refractivity contribution >= 4 is 23.6 Å². The SMILES string of the molecule is NCCn1cc(C(=O)N2CCSCC2CC(=O)O)nn1. The molecule has 0 radical (unpaired) electrons. The molecule has 1 atom stereocenters. The quantitative estimate of drug-likeness (QED) is 0.736. The average Bonchev–Trinajstić information content (AvgIpc) is 2.87. The molecule has 110 valence electrons. The number of amides is 1. The zero-order valence-corrected chi connectivity index (χ0v) is 11.8.